The van der Waals surface area contributed by atoms with Crippen molar-refractivity contribution in [1.82, 2.24) is 19.9 Å². The van der Waals surface area contributed by atoms with Crippen LogP contribution in [0.15, 0.2) is 58.6 Å². The van der Waals surface area contributed by atoms with Gasteiger partial charge in [0, 0.05) is 59.0 Å². The maximum absolute atomic E-state index is 14.8. The average Bonchev–Trinajstić information content (AvgIpc) is 2.87. The zero-order valence-corrected chi connectivity index (χ0v) is 19.8. The van der Waals surface area contributed by atoms with Crippen molar-refractivity contribution in [3.05, 3.63) is 60.3 Å². The molecule has 1 saturated heterocycles. The van der Waals surface area contributed by atoms with Gasteiger partial charge < -0.3 is 15.8 Å². The lowest BCUT2D eigenvalue weighted by Crippen LogP contribution is -2.45. The van der Waals surface area contributed by atoms with Gasteiger partial charge in [-0.1, -0.05) is 18.2 Å². The van der Waals surface area contributed by atoms with Crippen LogP contribution in [0.4, 0.5) is 21.8 Å². The smallest absolute Gasteiger partial charge is 0.222 e. The first kappa shape index (κ1) is 23.0. The highest BCUT2D eigenvalue weighted by Gasteiger charge is 2.29. The number of nitrogens with zero attached hydrogens (tertiary/aromatic N) is 4. The van der Waals surface area contributed by atoms with Crippen molar-refractivity contribution in [1.29, 1.82) is 0 Å². The summed E-state index contributed by atoms with van der Waals surface area (Å²) >= 11 is 1.36. The van der Waals surface area contributed by atoms with Crippen molar-refractivity contribution in [2.75, 3.05) is 37.4 Å². The topological polar surface area (TPSA) is 89.2 Å². The lowest BCUT2D eigenvalue weighted by Gasteiger charge is -2.39. The number of morpholine rings is 1. The Labute approximate surface area is 203 Å². The lowest BCUT2D eigenvalue weighted by molar-refractivity contribution is 0.00645. The molecule has 3 N–H and O–H groups in total. The van der Waals surface area contributed by atoms with Crippen molar-refractivity contribution in [3.63, 3.8) is 0 Å². The Morgan fingerprint density at radius 2 is 1.88 bits per heavy atom. The van der Waals surface area contributed by atoms with Crippen LogP contribution in [0.1, 0.15) is 37.3 Å². The van der Waals surface area contributed by atoms with E-state index < -0.39 is 0 Å². The Balaban J connectivity index is 1.28. The Kier molecular flexibility index (Phi) is 7.22. The van der Waals surface area contributed by atoms with E-state index in [4.69, 9.17) is 10.5 Å². The third-order valence-electron chi connectivity index (χ3n) is 6.47. The number of nitrogen functional groups attached to an aromatic ring is 1. The Bertz CT molecular complexity index is 1110. The Hall–Kier alpha value is -2.75. The zero-order valence-electron chi connectivity index (χ0n) is 19.0. The molecular formula is C25H29FN6OS. The standard InChI is InChI=1S/C25H29FN6OS/c26-21-15-18(4-5-23(21)34-20-6-8-28-9-7-20)29-24-16-22(30-25(27)31-24)17-2-1-3-19(14-17)32-10-12-33-13-11-32/h4-9,15-17,19H,1-3,10-14H2,(H3,27,29,30,31). The minimum atomic E-state index is -0.297. The summed E-state index contributed by atoms with van der Waals surface area (Å²) in [6, 6.07) is 11.3. The van der Waals surface area contributed by atoms with Gasteiger partial charge in [0.2, 0.25) is 5.95 Å². The second kappa shape index (κ2) is 10.7. The van der Waals surface area contributed by atoms with Crippen LogP contribution in [0.2, 0.25) is 0 Å². The summed E-state index contributed by atoms with van der Waals surface area (Å²) in [5, 5.41) is 3.21. The van der Waals surface area contributed by atoms with Crippen LogP contribution in [0.25, 0.3) is 0 Å². The van der Waals surface area contributed by atoms with Gasteiger partial charge in [0.1, 0.15) is 11.6 Å². The van der Waals surface area contributed by atoms with Crippen LogP contribution in [0.5, 0.6) is 0 Å². The fourth-order valence-corrected chi connectivity index (χ4v) is 5.61. The van der Waals surface area contributed by atoms with Gasteiger partial charge in [0.15, 0.2) is 0 Å². The predicted molar refractivity (Wildman–Crippen MR) is 132 cm³/mol. The number of pyridine rings is 1. The van der Waals surface area contributed by atoms with Gasteiger partial charge in [-0.15, -0.1) is 0 Å². The number of nitrogens with two attached hydrogens (primary N) is 1. The highest BCUT2D eigenvalue weighted by Crippen LogP contribution is 2.36. The third-order valence-corrected chi connectivity index (χ3v) is 7.53. The normalized spacial score (nSPS) is 21.3. The number of benzene rings is 1. The highest BCUT2D eigenvalue weighted by atomic mass is 32.2. The molecule has 34 heavy (non-hydrogen) atoms. The molecule has 2 aromatic heterocycles. The second-order valence-electron chi connectivity index (χ2n) is 8.76. The van der Waals surface area contributed by atoms with Gasteiger partial charge in [-0.05, 0) is 49.6 Å². The van der Waals surface area contributed by atoms with Crippen LogP contribution in [-0.2, 0) is 4.74 Å². The molecule has 5 rings (SSSR count). The van der Waals surface area contributed by atoms with E-state index in [-0.39, 0.29) is 11.8 Å². The first-order chi connectivity index (χ1) is 16.6. The molecule has 0 bridgehead atoms. The summed E-state index contributed by atoms with van der Waals surface area (Å²) < 4.78 is 20.3. The summed E-state index contributed by atoms with van der Waals surface area (Å²) in [4.78, 5) is 16.9. The van der Waals surface area contributed by atoms with Crippen LogP contribution in [0, 0.1) is 5.82 Å². The van der Waals surface area contributed by atoms with Crippen LogP contribution in [-0.4, -0.2) is 52.2 Å². The maximum atomic E-state index is 14.8. The number of aromatic nitrogens is 3. The largest absolute Gasteiger partial charge is 0.379 e. The molecule has 2 unspecified atom stereocenters. The van der Waals surface area contributed by atoms with E-state index in [9.17, 15) is 4.39 Å². The monoisotopic (exact) mass is 480 g/mol. The van der Waals surface area contributed by atoms with Crippen molar-refractivity contribution < 1.29 is 9.13 Å². The molecular weight excluding hydrogens is 451 g/mol. The summed E-state index contributed by atoms with van der Waals surface area (Å²) in [5.41, 5.74) is 7.64. The van der Waals surface area contributed by atoms with Crippen molar-refractivity contribution in [3.8, 4) is 0 Å². The minimum absolute atomic E-state index is 0.235. The molecule has 178 valence electrons. The zero-order chi connectivity index (χ0) is 23.3. The summed E-state index contributed by atoms with van der Waals surface area (Å²) in [5.74, 6) is 0.863. The number of hydrogen-bond acceptors (Lipinski definition) is 8. The number of nitrogens with one attached hydrogen (secondary N) is 1. The van der Waals surface area contributed by atoms with E-state index in [2.05, 4.69) is 25.2 Å². The van der Waals surface area contributed by atoms with Gasteiger partial charge in [0.05, 0.1) is 18.9 Å². The van der Waals surface area contributed by atoms with E-state index in [1.54, 1.807) is 18.5 Å². The molecule has 9 heteroatoms. The van der Waals surface area contributed by atoms with E-state index in [1.807, 2.05) is 24.3 Å². The third kappa shape index (κ3) is 5.65. The molecule has 0 spiro atoms. The Morgan fingerprint density at radius 1 is 1.06 bits per heavy atom. The molecule has 3 heterocycles. The summed E-state index contributed by atoms with van der Waals surface area (Å²) in [6.45, 7) is 3.62. The predicted octanol–water partition coefficient (Wildman–Crippen LogP) is 4.85. The fourth-order valence-electron chi connectivity index (χ4n) is 4.81. The van der Waals surface area contributed by atoms with Gasteiger partial charge in [-0.3, -0.25) is 9.88 Å². The van der Waals surface area contributed by atoms with E-state index in [0.717, 1.165) is 49.7 Å². The van der Waals surface area contributed by atoms with Gasteiger partial charge in [-0.25, -0.2) is 9.37 Å². The van der Waals surface area contributed by atoms with Crippen molar-refractivity contribution in [2.24, 2.45) is 0 Å². The molecule has 2 atom stereocenters. The fraction of sp³-hybridized carbons (Fsp3) is 0.400. The molecule has 7 nitrogen and oxygen atoms in total. The molecule has 1 aliphatic heterocycles. The molecule has 0 radical (unpaired) electrons. The van der Waals surface area contributed by atoms with Gasteiger partial charge >= 0.3 is 0 Å². The Morgan fingerprint density at radius 3 is 2.68 bits per heavy atom. The average molecular weight is 481 g/mol. The van der Waals surface area contributed by atoms with Crippen LogP contribution in [0.3, 0.4) is 0 Å². The SMILES string of the molecule is Nc1nc(Nc2ccc(Sc3ccncc3)c(F)c2)cc(C2CCCC(N3CCOCC3)C2)n1. The molecule has 1 aromatic carbocycles. The quantitative estimate of drug-likeness (QED) is 0.518. The molecule has 3 aromatic rings. The van der Waals surface area contributed by atoms with E-state index >= 15 is 0 Å². The molecule has 1 aliphatic carbocycles. The number of rotatable bonds is 6. The minimum Gasteiger partial charge on any atom is -0.379 e. The van der Waals surface area contributed by atoms with Crippen molar-refractivity contribution in [2.45, 2.75) is 47.4 Å². The summed E-state index contributed by atoms with van der Waals surface area (Å²) in [6.07, 6.45) is 7.93. The second-order valence-corrected chi connectivity index (χ2v) is 9.87. The molecule has 2 fully saturated rings. The molecule has 0 amide bonds. The lowest BCUT2D eigenvalue weighted by atomic mass is 9.82. The number of halogens is 1. The molecule has 2 aliphatic rings. The van der Waals surface area contributed by atoms with Crippen molar-refractivity contribution >= 4 is 29.2 Å². The first-order valence-electron chi connectivity index (χ1n) is 11.7. The number of ether oxygens (including phenoxy) is 1. The maximum Gasteiger partial charge on any atom is 0.222 e. The molecule has 1 saturated carbocycles. The first-order valence-corrected chi connectivity index (χ1v) is 12.6. The van der Waals surface area contributed by atoms with E-state index in [0.29, 0.717) is 28.4 Å². The van der Waals surface area contributed by atoms with Crippen LogP contribution >= 0.6 is 11.8 Å². The van der Waals surface area contributed by atoms with E-state index in [1.165, 1.54) is 30.7 Å². The van der Waals surface area contributed by atoms with Crippen LogP contribution < -0.4 is 11.1 Å². The number of hydrogen-bond donors (Lipinski definition) is 2. The summed E-state index contributed by atoms with van der Waals surface area (Å²) in [7, 11) is 0. The highest BCUT2D eigenvalue weighted by molar-refractivity contribution is 7.99. The van der Waals surface area contributed by atoms with Gasteiger partial charge in [0.25, 0.3) is 0 Å². The number of anilines is 3. The van der Waals surface area contributed by atoms with Gasteiger partial charge in [-0.2, -0.15) is 4.98 Å².